The zero-order valence-corrected chi connectivity index (χ0v) is 19.8. The predicted molar refractivity (Wildman–Crippen MR) is 132 cm³/mol. The topological polar surface area (TPSA) is 51.1 Å². The van der Waals surface area contributed by atoms with Crippen LogP contribution in [0.5, 0.6) is 11.5 Å². The van der Waals surface area contributed by atoms with E-state index in [0.29, 0.717) is 11.4 Å². The first-order chi connectivity index (χ1) is 16.9. The lowest BCUT2D eigenvalue weighted by atomic mass is 10.2. The van der Waals surface area contributed by atoms with E-state index in [0.717, 1.165) is 17.3 Å². The van der Waals surface area contributed by atoms with Gasteiger partial charge in [-0.1, -0.05) is 41.6 Å². The van der Waals surface area contributed by atoms with Gasteiger partial charge in [0.15, 0.2) is 5.17 Å². The SMILES string of the molecule is COc1ccc(/C=C2\N=C(SCc3c(F)cccc3Cl)N(c3ccc(OC(F)F)cc3)C2=O)cc1. The molecule has 0 atom stereocenters. The first-order valence-corrected chi connectivity index (χ1v) is 11.6. The minimum absolute atomic E-state index is 0.0475. The predicted octanol–water partition coefficient (Wildman–Crippen LogP) is 6.77. The maximum atomic E-state index is 14.3. The van der Waals surface area contributed by atoms with E-state index >= 15 is 0 Å². The third kappa shape index (κ3) is 5.80. The van der Waals surface area contributed by atoms with Crippen LogP contribution in [0.15, 0.2) is 77.4 Å². The molecule has 0 saturated carbocycles. The van der Waals surface area contributed by atoms with Crippen LogP contribution >= 0.6 is 23.4 Å². The average Bonchev–Trinajstić information content (AvgIpc) is 3.14. The molecule has 180 valence electrons. The Kier molecular flexibility index (Phi) is 7.67. The van der Waals surface area contributed by atoms with Gasteiger partial charge in [-0.3, -0.25) is 9.69 Å². The third-order valence-electron chi connectivity index (χ3n) is 4.98. The van der Waals surface area contributed by atoms with E-state index in [1.165, 1.54) is 41.3 Å². The van der Waals surface area contributed by atoms with Crippen molar-refractivity contribution in [2.75, 3.05) is 12.0 Å². The fourth-order valence-corrected chi connectivity index (χ4v) is 4.62. The molecule has 1 amide bonds. The van der Waals surface area contributed by atoms with Crippen LogP contribution in [0, 0.1) is 5.82 Å². The zero-order chi connectivity index (χ0) is 24.9. The van der Waals surface area contributed by atoms with Crippen LogP contribution in [0.25, 0.3) is 6.08 Å². The normalized spacial score (nSPS) is 14.6. The van der Waals surface area contributed by atoms with E-state index in [1.54, 1.807) is 43.5 Å². The largest absolute Gasteiger partial charge is 0.497 e. The minimum Gasteiger partial charge on any atom is -0.497 e. The first-order valence-electron chi connectivity index (χ1n) is 10.2. The number of methoxy groups -OCH3 is 1. The molecule has 35 heavy (non-hydrogen) atoms. The molecule has 0 unspecified atom stereocenters. The Labute approximate surface area is 208 Å². The highest BCUT2D eigenvalue weighted by Crippen LogP contribution is 2.33. The average molecular weight is 519 g/mol. The van der Waals surface area contributed by atoms with E-state index in [-0.39, 0.29) is 33.0 Å². The molecule has 0 fully saturated rings. The molecule has 1 aliphatic heterocycles. The van der Waals surface area contributed by atoms with Crippen LogP contribution in [0.4, 0.5) is 18.9 Å². The van der Waals surface area contributed by atoms with Crippen molar-refractivity contribution in [3.8, 4) is 11.5 Å². The Morgan fingerprint density at radius 2 is 1.74 bits per heavy atom. The van der Waals surface area contributed by atoms with Crippen molar-refractivity contribution >= 4 is 46.2 Å². The highest BCUT2D eigenvalue weighted by molar-refractivity contribution is 8.13. The second-order valence-electron chi connectivity index (χ2n) is 7.20. The molecule has 1 aliphatic rings. The second-order valence-corrected chi connectivity index (χ2v) is 8.55. The molecule has 0 aliphatic carbocycles. The fraction of sp³-hybridized carbons (Fsp3) is 0.120. The molecule has 3 aromatic rings. The molecule has 0 N–H and O–H groups in total. The number of amidine groups is 1. The summed E-state index contributed by atoms with van der Waals surface area (Å²) < 4.78 is 48.8. The van der Waals surface area contributed by atoms with Crippen molar-refractivity contribution in [1.82, 2.24) is 0 Å². The van der Waals surface area contributed by atoms with Gasteiger partial charge < -0.3 is 9.47 Å². The minimum atomic E-state index is -2.97. The Balaban J connectivity index is 1.66. The number of anilines is 1. The molecule has 1 heterocycles. The smallest absolute Gasteiger partial charge is 0.387 e. The number of ether oxygens (including phenoxy) is 2. The maximum Gasteiger partial charge on any atom is 0.387 e. The van der Waals surface area contributed by atoms with Gasteiger partial charge in [0.05, 0.1) is 12.8 Å². The molecule has 0 aromatic heterocycles. The summed E-state index contributed by atoms with van der Waals surface area (Å²) in [4.78, 5) is 19.1. The Bertz CT molecular complexity index is 1260. The summed E-state index contributed by atoms with van der Waals surface area (Å²) >= 11 is 7.27. The van der Waals surface area contributed by atoms with E-state index < -0.39 is 18.3 Å². The van der Waals surface area contributed by atoms with E-state index in [1.807, 2.05) is 0 Å². The van der Waals surface area contributed by atoms with Gasteiger partial charge in [0.25, 0.3) is 5.91 Å². The summed E-state index contributed by atoms with van der Waals surface area (Å²) in [6.45, 7) is -2.97. The molecule has 0 bridgehead atoms. The quantitative estimate of drug-likeness (QED) is 0.324. The number of carbonyl (C=O) groups is 1. The summed E-state index contributed by atoms with van der Waals surface area (Å²) in [5, 5.41) is 0.549. The number of amides is 1. The van der Waals surface area contributed by atoms with Crippen LogP contribution in [0.2, 0.25) is 5.02 Å². The van der Waals surface area contributed by atoms with Crippen LogP contribution in [-0.2, 0) is 10.5 Å². The van der Waals surface area contributed by atoms with E-state index in [9.17, 15) is 18.0 Å². The molecule has 0 spiro atoms. The van der Waals surface area contributed by atoms with Crippen molar-refractivity contribution in [3.05, 3.63) is 94.4 Å². The molecule has 4 rings (SSSR count). The highest BCUT2D eigenvalue weighted by atomic mass is 35.5. The van der Waals surface area contributed by atoms with Gasteiger partial charge in [0.1, 0.15) is 23.0 Å². The van der Waals surface area contributed by atoms with Crippen molar-refractivity contribution in [1.29, 1.82) is 0 Å². The highest BCUT2D eigenvalue weighted by Gasteiger charge is 2.32. The molecular formula is C25H18ClF3N2O3S. The number of alkyl halides is 2. The number of aliphatic imine (C=N–C) groups is 1. The van der Waals surface area contributed by atoms with Crippen LogP contribution in [0.3, 0.4) is 0 Å². The first kappa shape index (κ1) is 24.7. The lowest BCUT2D eigenvalue weighted by molar-refractivity contribution is -0.113. The van der Waals surface area contributed by atoms with Gasteiger partial charge >= 0.3 is 6.61 Å². The van der Waals surface area contributed by atoms with Crippen molar-refractivity contribution in [2.24, 2.45) is 4.99 Å². The van der Waals surface area contributed by atoms with Gasteiger partial charge in [0, 0.05) is 16.3 Å². The maximum absolute atomic E-state index is 14.3. The van der Waals surface area contributed by atoms with E-state index in [2.05, 4.69) is 9.73 Å². The van der Waals surface area contributed by atoms with Crippen LogP contribution < -0.4 is 14.4 Å². The number of carbonyl (C=O) groups excluding carboxylic acids is 1. The number of benzene rings is 3. The summed E-state index contributed by atoms with van der Waals surface area (Å²) in [6.07, 6.45) is 1.62. The number of hydrogen-bond acceptors (Lipinski definition) is 5. The van der Waals surface area contributed by atoms with E-state index in [4.69, 9.17) is 16.3 Å². The van der Waals surface area contributed by atoms with Gasteiger partial charge in [-0.25, -0.2) is 9.38 Å². The lowest BCUT2D eigenvalue weighted by Crippen LogP contribution is -2.30. The number of rotatable bonds is 7. The molecular weight excluding hydrogens is 501 g/mol. The van der Waals surface area contributed by atoms with Gasteiger partial charge in [-0.15, -0.1) is 0 Å². The number of thioether (sulfide) groups is 1. The molecule has 10 heteroatoms. The van der Waals surface area contributed by atoms with Crippen molar-refractivity contribution in [2.45, 2.75) is 12.4 Å². The number of nitrogens with zero attached hydrogens (tertiary/aromatic N) is 2. The Morgan fingerprint density at radius 3 is 2.37 bits per heavy atom. The molecule has 3 aromatic carbocycles. The van der Waals surface area contributed by atoms with Gasteiger partial charge in [0.2, 0.25) is 0 Å². The number of hydrogen-bond donors (Lipinski definition) is 0. The lowest BCUT2D eigenvalue weighted by Gasteiger charge is -2.18. The summed E-state index contributed by atoms with van der Waals surface area (Å²) in [7, 11) is 1.55. The standard InChI is InChI=1S/C25H18ClF3N2O3S/c1-33-17-9-5-15(6-10-17)13-22-23(32)31(16-7-11-18(12-8-16)34-24(28)29)25(30-22)35-14-19-20(26)3-2-4-21(19)27/h2-13,24H,14H2,1H3/b22-13-. The molecule has 5 nitrogen and oxygen atoms in total. The number of halogens is 4. The van der Waals surface area contributed by atoms with Gasteiger partial charge in [-0.2, -0.15) is 8.78 Å². The van der Waals surface area contributed by atoms with Crippen LogP contribution in [0.1, 0.15) is 11.1 Å². The van der Waals surface area contributed by atoms with Crippen molar-refractivity contribution < 1.29 is 27.4 Å². The summed E-state index contributed by atoms with van der Waals surface area (Å²) in [5.41, 5.74) is 1.55. The Hall–Kier alpha value is -3.43. The molecule has 0 saturated heterocycles. The van der Waals surface area contributed by atoms with Crippen molar-refractivity contribution in [3.63, 3.8) is 0 Å². The molecule has 0 radical (unpaired) electrons. The Morgan fingerprint density at radius 1 is 1.06 bits per heavy atom. The van der Waals surface area contributed by atoms with Gasteiger partial charge in [-0.05, 0) is 60.2 Å². The fourth-order valence-electron chi connectivity index (χ4n) is 3.26. The van der Waals surface area contributed by atoms with Crippen LogP contribution in [-0.4, -0.2) is 24.8 Å². The summed E-state index contributed by atoms with van der Waals surface area (Å²) in [6, 6.07) is 17.1. The monoisotopic (exact) mass is 518 g/mol. The second kappa shape index (κ2) is 10.9. The zero-order valence-electron chi connectivity index (χ0n) is 18.3. The third-order valence-corrected chi connectivity index (χ3v) is 6.30. The summed E-state index contributed by atoms with van der Waals surface area (Å²) in [5.74, 6) is -0.154.